The van der Waals surface area contributed by atoms with Crippen LogP contribution in [0.5, 0.6) is 5.75 Å². The van der Waals surface area contributed by atoms with Crippen LogP contribution in [0.3, 0.4) is 0 Å². The lowest BCUT2D eigenvalue weighted by Gasteiger charge is -2.15. The van der Waals surface area contributed by atoms with Crippen LogP contribution in [0.15, 0.2) is 29.6 Å². The van der Waals surface area contributed by atoms with Gasteiger partial charge < -0.3 is 10.1 Å². The molecule has 0 saturated carbocycles. The lowest BCUT2D eigenvalue weighted by Crippen LogP contribution is -2.27. The summed E-state index contributed by atoms with van der Waals surface area (Å²) in [7, 11) is 0. The molecule has 0 bridgehead atoms. The number of benzene rings is 1. The molecule has 2 aromatic rings. The van der Waals surface area contributed by atoms with Crippen LogP contribution in [-0.4, -0.2) is 17.5 Å². The maximum atomic E-state index is 12.0. The van der Waals surface area contributed by atoms with Gasteiger partial charge in [-0.05, 0) is 19.1 Å². The monoisotopic (exact) mass is 304 g/mol. The molecule has 0 spiro atoms. The van der Waals surface area contributed by atoms with E-state index in [1.54, 1.807) is 0 Å². The van der Waals surface area contributed by atoms with Crippen molar-refractivity contribution in [1.29, 1.82) is 0 Å². The minimum absolute atomic E-state index is 0.0403. The Hall–Kier alpha value is -1.88. The van der Waals surface area contributed by atoms with Crippen LogP contribution in [0.2, 0.25) is 0 Å². The Morgan fingerprint density at radius 2 is 2.05 bits per heavy atom. The van der Waals surface area contributed by atoms with Crippen molar-refractivity contribution in [3.63, 3.8) is 0 Å². The number of ether oxygens (including phenoxy) is 1. The number of carbonyl (C=O) groups is 1. The summed E-state index contributed by atoms with van der Waals surface area (Å²) in [5, 5.41) is 5.39. The predicted octanol–water partition coefficient (Wildman–Crippen LogP) is 4.19. The van der Waals surface area contributed by atoms with Gasteiger partial charge in [0.15, 0.2) is 5.13 Å². The molecule has 1 amide bonds. The highest BCUT2D eigenvalue weighted by atomic mass is 32.1. The summed E-state index contributed by atoms with van der Waals surface area (Å²) in [6, 6.07) is 7.77. The van der Waals surface area contributed by atoms with Crippen molar-refractivity contribution in [3.05, 3.63) is 29.6 Å². The van der Waals surface area contributed by atoms with Crippen molar-refractivity contribution in [2.75, 3.05) is 11.9 Å². The fourth-order valence-electron chi connectivity index (χ4n) is 1.70. The Morgan fingerprint density at radius 3 is 2.71 bits per heavy atom. The number of anilines is 1. The third-order valence-corrected chi connectivity index (χ3v) is 3.63. The summed E-state index contributed by atoms with van der Waals surface area (Å²) in [5.41, 5.74) is 1.31. The zero-order chi connectivity index (χ0) is 15.5. The Balaban J connectivity index is 2.23. The van der Waals surface area contributed by atoms with Crippen molar-refractivity contribution < 1.29 is 9.53 Å². The van der Waals surface area contributed by atoms with E-state index in [2.05, 4.69) is 10.3 Å². The molecule has 2 rings (SSSR count). The average Bonchev–Trinajstić information content (AvgIpc) is 2.87. The number of hydrogen-bond acceptors (Lipinski definition) is 4. The predicted molar refractivity (Wildman–Crippen MR) is 86.8 cm³/mol. The van der Waals surface area contributed by atoms with Crippen LogP contribution < -0.4 is 10.1 Å². The SMILES string of the molecule is CCOc1ccccc1-c1csc(NC(=O)C(C)(C)C)n1. The van der Waals surface area contributed by atoms with Crippen LogP contribution in [0, 0.1) is 5.41 Å². The molecule has 0 aliphatic rings. The number of hydrogen-bond donors (Lipinski definition) is 1. The highest BCUT2D eigenvalue weighted by molar-refractivity contribution is 7.14. The van der Waals surface area contributed by atoms with Gasteiger partial charge >= 0.3 is 0 Å². The molecule has 0 fully saturated rings. The molecule has 1 aromatic heterocycles. The summed E-state index contributed by atoms with van der Waals surface area (Å²) in [6.07, 6.45) is 0. The van der Waals surface area contributed by atoms with Gasteiger partial charge in [-0.3, -0.25) is 4.79 Å². The van der Waals surface area contributed by atoms with Gasteiger partial charge in [-0.1, -0.05) is 32.9 Å². The lowest BCUT2D eigenvalue weighted by atomic mass is 9.96. The maximum absolute atomic E-state index is 12.0. The van der Waals surface area contributed by atoms with Crippen LogP contribution in [0.4, 0.5) is 5.13 Å². The molecule has 112 valence electrons. The third-order valence-electron chi connectivity index (χ3n) is 2.87. The summed E-state index contributed by atoms with van der Waals surface area (Å²) in [5.74, 6) is 0.764. The van der Waals surface area contributed by atoms with Crippen LogP contribution in [0.1, 0.15) is 27.7 Å². The first-order valence-electron chi connectivity index (χ1n) is 6.91. The fraction of sp³-hybridized carbons (Fsp3) is 0.375. The Morgan fingerprint density at radius 1 is 1.33 bits per heavy atom. The zero-order valence-electron chi connectivity index (χ0n) is 12.8. The second kappa shape index (κ2) is 6.26. The highest BCUT2D eigenvalue weighted by Crippen LogP contribution is 2.32. The van der Waals surface area contributed by atoms with Crippen molar-refractivity contribution >= 4 is 22.4 Å². The number of rotatable bonds is 4. The van der Waals surface area contributed by atoms with E-state index in [9.17, 15) is 4.79 Å². The number of para-hydroxylation sites is 1. The summed E-state index contributed by atoms with van der Waals surface area (Å²) < 4.78 is 5.61. The maximum Gasteiger partial charge on any atom is 0.231 e. The van der Waals surface area contributed by atoms with E-state index in [1.807, 2.05) is 57.3 Å². The van der Waals surface area contributed by atoms with Crippen molar-refractivity contribution in [3.8, 4) is 17.0 Å². The van der Waals surface area contributed by atoms with E-state index in [-0.39, 0.29) is 5.91 Å². The number of nitrogens with zero attached hydrogens (tertiary/aromatic N) is 1. The topological polar surface area (TPSA) is 51.2 Å². The van der Waals surface area contributed by atoms with Gasteiger partial charge in [0.1, 0.15) is 5.75 Å². The first kappa shape index (κ1) is 15.5. The van der Waals surface area contributed by atoms with Gasteiger partial charge in [-0.25, -0.2) is 4.98 Å². The fourth-order valence-corrected chi connectivity index (χ4v) is 2.40. The Bertz CT molecular complexity index is 629. The third kappa shape index (κ3) is 3.82. The van der Waals surface area contributed by atoms with Crippen molar-refractivity contribution in [2.24, 2.45) is 5.41 Å². The Kier molecular flexibility index (Phi) is 4.63. The Labute approximate surface area is 129 Å². The molecular weight excluding hydrogens is 284 g/mol. The molecule has 0 atom stereocenters. The lowest BCUT2D eigenvalue weighted by molar-refractivity contribution is -0.123. The summed E-state index contributed by atoms with van der Waals surface area (Å²) >= 11 is 1.42. The second-order valence-corrected chi connectivity index (χ2v) is 6.53. The van der Waals surface area contributed by atoms with E-state index < -0.39 is 5.41 Å². The molecule has 0 aliphatic heterocycles. The smallest absolute Gasteiger partial charge is 0.231 e. The van der Waals surface area contributed by atoms with Crippen molar-refractivity contribution in [1.82, 2.24) is 4.98 Å². The molecule has 0 unspecified atom stereocenters. The number of thiazole rings is 1. The standard InChI is InChI=1S/C16H20N2O2S/c1-5-20-13-9-7-6-8-11(13)12-10-21-15(17-12)18-14(19)16(2,3)4/h6-10H,5H2,1-4H3,(H,17,18,19). The van der Waals surface area contributed by atoms with Crippen LogP contribution >= 0.6 is 11.3 Å². The molecule has 0 aliphatic carbocycles. The number of carbonyl (C=O) groups excluding carboxylic acids is 1. The molecule has 21 heavy (non-hydrogen) atoms. The first-order chi connectivity index (χ1) is 9.91. The van der Waals surface area contributed by atoms with Gasteiger partial charge in [-0.2, -0.15) is 0 Å². The summed E-state index contributed by atoms with van der Waals surface area (Å²) in [4.78, 5) is 16.5. The first-order valence-corrected chi connectivity index (χ1v) is 7.79. The summed E-state index contributed by atoms with van der Waals surface area (Å²) in [6.45, 7) is 8.19. The zero-order valence-corrected chi connectivity index (χ0v) is 13.6. The number of amides is 1. The molecular formula is C16H20N2O2S. The molecule has 1 aromatic carbocycles. The van der Waals surface area contributed by atoms with Crippen molar-refractivity contribution in [2.45, 2.75) is 27.7 Å². The molecule has 4 nitrogen and oxygen atoms in total. The molecule has 0 radical (unpaired) electrons. The molecule has 0 saturated heterocycles. The quantitative estimate of drug-likeness (QED) is 0.921. The minimum atomic E-state index is -0.435. The minimum Gasteiger partial charge on any atom is -0.493 e. The van der Waals surface area contributed by atoms with Gasteiger partial charge in [0.2, 0.25) is 5.91 Å². The van der Waals surface area contributed by atoms with E-state index in [4.69, 9.17) is 4.74 Å². The van der Waals surface area contributed by atoms with E-state index >= 15 is 0 Å². The van der Waals surface area contributed by atoms with Crippen LogP contribution in [-0.2, 0) is 4.79 Å². The largest absolute Gasteiger partial charge is 0.493 e. The van der Waals surface area contributed by atoms with E-state index in [0.717, 1.165) is 17.0 Å². The van der Waals surface area contributed by atoms with Gasteiger partial charge in [0.05, 0.1) is 12.3 Å². The molecule has 5 heteroatoms. The second-order valence-electron chi connectivity index (χ2n) is 5.67. The van der Waals surface area contributed by atoms with E-state index in [0.29, 0.717) is 11.7 Å². The van der Waals surface area contributed by atoms with Gasteiger partial charge in [0.25, 0.3) is 0 Å². The molecule has 1 N–H and O–H groups in total. The van der Waals surface area contributed by atoms with Gasteiger partial charge in [-0.15, -0.1) is 11.3 Å². The average molecular weight is 304 g/mol. The highest BCUT2D eigenvalue weighted by Gasteiger charge is 2.22. The van der Waals surface area contributed by atoms with Crippen LogP contribution in [0.25, 0.3) is 11.3 Å². The normalized spacial score (nSPS) is 11.2. The number of nitrogens with one attached hydrogen (secondary N) is 1. The number of aromatic nitrogens is 1. The van der Waals surface area contributed by atoms with Gasteiger partial charge in [0, 0.05) is 16.4 Å². The van der Waals surface area contributed by atoms with E-state index in [1.165, 1.54) is 11.3 Å². The molecule has 1 heterocycles.